The molecule has 0 saturated carbocycles. The standard InChI is InChI=1S/C5H13NO.2C2H6O.ClH/c1-2-3-6-4-5-7;2*1-2-3;/h6-7H,2-5H2,1H3;2*3H,2H2,1H3;1H. The number of aliphatic hydroxyl groups is 3. The first-order valence-corrected chi connectivity index (χ1v) is 4.78. The fourth-order valence-corrected chi connectivity index (χ4v) is 0.381. The number of hydrogen-bond donors (Lipinski definition) is 4. The molecule has 4 nitrogen and oxygen atoms in total. The quantitative estimate of drug-likeness (QED) is 0.529. The van der Waals surface area contributed by atoms with E-state index in [9.17, 15) is 0 Å². The summed E-state index contributed by atoms with van der Waals surface area (Å²) >= 11 is 0. The highest BCUT2D eigenvalue weighted by Gasteiger charge is 1.77. The molecule has 0 amide bonds. The summed E-state index contributed by atoms with van der Waals surface area (Å²) in [5.74, 6) is 0. The van der Waals surface area contributed by atoms with Crippen molar-refractivity contribution in [1.82, 2.24) is 5.32 Å². The third-order valence-electron chi connectivity index (χ3n) is 0.715. The predicted molar refractivity (Wildman–Crippen MR) is 63.0 cm³/mol. The first kappa shape index (κ1) is 23.7. The molecule has 0 aromatic heterocycles. The number of hydrogen-bond acceptors (Lipinski definition) is 4. The molecule has 0 saturated heterocycles. The van der Waals surface area contributed by atoms with E-state index in [0.29, 0.717) is 0 Å². The highest BCUT2D eigenvalue weighted by atomic mass is 35.5. The Morgan fingerprint density at radius 2 is 1.21 bits per heavy atom. The van der Waals surface area contributed by atoms with Gasteiger partial charge in [0.25, 0.3) is 0 Å². The lowest BCUT2D eigenvalue weighted by molar-refractivity contribution is 0.292. The fourth-order valence-electron chi connectivity index (χ4n) is 0.381. The summed E-state index contributed by atoms with van der Waals surface area (Å²) in [6, 6.07) is 0. The van der Waals surface area contributed by atoms with Crippen molar-refractivity contribution in [2.45, 2.75) is 27.2 Å². The molecule has 0 aliphatic carbocycles. The zero-order valence-corrected chi connectivity index (χ0v) is 10.3. The zero-order chi connectivity index (χ0) is 10.9. The summed E-state index contributed by atoms with van der Waals surface area (Å²) in [6.07, 6.45) is 1.14. The minimum absolute atomic E-state index is 0. The molecule has 0 spiro atoms. The van der Waals surface area contributed by atoms with Gasteiger partial charge in [-0.25, -0.2) is 0 Å². The van der Waals surface area contributed by atoms with Crippen LogP contribution >= 0.6 is 12.4 Å². The molecule has 0 heterocycles. The van der Waals surface area contributed by atoms with Gasteiger partial charge < -0.3 is 20.6 Å². The third-order valence-corrected chi connectivity index (χ3v) is 0.715. The van der Waals surface area contributed by atoms with Gasteiger partial charge in [0.05, 0.1) is 6.61 Å². The van der Waals surface area contributed by atoms with Gasteiger partial charge in [-0.1, -0.05) is 6.92 Å². The van der Waals surface area contributed by atoms with E-state index >= 15 is 0 Å². The van der Waals surface area contributed by atoms with Crippen LogP contribution in [0.1, 0.15) is 27.2 Å². The zero-order valence-electron chi connectivity index (χ0n) is 9.49. The topological polar surface area (TPSA) is 72.7 Å². The van der Waals surface area contributed by atoms with Crippen LogP contribution < -0.4 is 5.32 Å². The second-order valence-electron chi connectivity index (χ2n) is 2.11. The van der Waals surface area contributed by atoms with Gasteiger partial charge in [-0.2, -0.15) is 0 Å². The maximum Gasteiger partial charge on any atom is 0.0555 e. The van der Waals surface area contributed by atoms with Gasteiger partial charge in [-0.15, -0.1) is 12.4 Å². The van der Waals surface area contributed by atoms with Crippen molar-refractivity contribution < 1.29 is 15.3 Å². The third kappa shape index (κ3) is 88.1. The lowest BCUT2D eigenvalue weighted by Gasteiger charge is -1.95. The lowest BCUT2D eigenvalue weighted by atomic mass is 10.5. The molecule has 0 rings (SSSR count). The Balaban J connectivity index is -0.0000000610. The normalized spacial score (nSPS) is 7.29. The summed E-state index contributed by atoms with van der Waals surface area (Å²) < 4.78 is 0. The molecule has 0 aromatic rings. The van der Waals surface area contributed by atoms with Gasteiger partial charge in [0.1, 0.15) is 0 Å². The Morgan fingerprint density at radius 1 is 0.857 bits per heavy atom. The van der Waals surface area contributed by atoms with Crippen molar-refractivity contribution in [2.24, 2.45) is 0 Å². The maximum atomic E-state index is 8.23. The van der Waals surface area contributed by atoms with Gasteiger partial charge in [0.2, 0.25) is 0 Å². The van der Waals surface area contributed by atoms with E-state index in [1.54, 1.807) is 13.8 Å². The van der Waals surface area contributed by atoms with Crippen LogP contribution in [0.5, 0.6) is 0 Å². The van der Waals surface area contributed by atoms with E-state index in [1.165, 1.54) is 0 Å². The first-order chi connectivity index (χ1) is 6.24. The molecular formula is C9H26ClNO3. The van der Waals surface area contributed by atoms with Crippen LogP contribution in [0.15, 0.2) is 0 Å². The summed E-state index contributed by atoms with van der Waals surface area (Å²) in [5, 5.41) is 26.4. The number of aliphatic hydroxyl groups excluding tert-OH is 3. The van der Waals surface area contributed by atoms with Crippen molar-refractivity contribution in [3.63, 3.8) is 0 Å². The van der Waals surface area contributed by atoms with Gasteiger partial charge in [0.15, 0.2) is 0 Å². The molecule has 0 aliphatic rings. The Labute approximate surface area is 93.8 Å². The predicted octanol–water partition coefficient (Wildman–Crippen LogP) is 0.397. The van der Waals surface area contributed by atoms with Gasteiger partial charge in [-0.3, -0.25) is 0 Å². The summed E-state index contributed by atoms with van der Waals surface area (Å²) in [7, 11) is 0. The average molecular weight is 232 g/mol. The number of nitrogens with one attached hydrogen (secondary N) is 1. The van der Waals surface area contributed by atoms with Crippen LogP contribution in [0.25, 0.3) is 0 Å². The fraction of sp³-hybridized carbons (Fsp3) is 1.00. The van der Waals surface area contributed by atoms with Crippen molar-refractivity contribution in [1.29, 1.82) is 0 Å². The minimum atomic E-state index is 0. The van der Waals surface area contributed by atoms with Crippen molar-refractivity contribution in [3.8, 4) is 0 Å². The van der Waals surface area contributed by atoms with Crippen LogP contribution in [0.3, 0.4) is 0 Å². The first-order valence-electron chi connectivity index (χ1n) is 4.78. The monoisotopic (exact) mass is 231 g/mol. The molecule has 0 aliphatic heterocycles. The van der Waals surface area contributed by atoms with Gasteiger partial charge >= 0.3 is 0 Å². The molecule has 14 heavy (non-hydrogen) atoms. The average Bonchev–Trinajstić information content (AvgIpc) is 2.08. The lowest BCUT2D eigenvalue weighted by Crippen LogP contribution is -2.18. The largest absolute Gasteiger partial charge is 0.397 e. The van der Waals surface area contributed by atoms with E-state index in [0.717, 1.165) is 19.5 Å². The SMILES string of the molecule is CCCNCCO.CCO.CCO.Cl. The second kappa shape index (κ2) is 38.0. The molecule has 0 fully saturated rings. The molecule has 5 heteroatoms. The Kier molecular flexibility index (Phi) is 64.4. The molecule has 4 N–H and O–H groups in total. The van der Waals surface area contributed by atoms with Gasteiger partial charge in [0, 0.05) is 19.8 Å². The molecule has 0 aromatic carbocycles. The summed E-state index contributed by atoms with van der Waals surface area (Å²) in [4.78, 5) is 0. The molecule has 0 bridgehead atoms. The van der Waals surface area contributed by atoms with Crippen molar-refractivity contribution >= 4 is 12.4 Å². The van der Waals surface area contributed by atoms with Crippen molar-refractivity contribution in [3.05, 3.63) is 0 Å². The molecule has 0 atom stereocenters. The number of halogens is 1. The van der Waals surface area contributed by atoms with E-state index in [2.05, 4.69) is 12.2 Å². The highest BCUT2D eigenvalue weighted by molar-refractivity contribution is 5.85. The Bertz CT molecular complexity index is 53.3. The smallest absolute Gasteiger partial charge is 0.0555 e. The number of rotatable bonds is 4. The van der Waals surface area contributed by atoms with Crippen LogP contribution in [-0.4, -0.2) is 48.2 Å². The van der Waals surface area contributed by atoms with Crippen LogP contribution in [0.2, 0.25) is 0 Å². The molecule has 92 valence electrons. The summed E-state index contributed by atoms with van der Waals surface area (Å²) in [6.45, 7) is 7.96. The van der Waals surface area contributed by atoms with Crippen LogP contribution in [0.4, 0.5) is 0 Å². The van der Waals surface area contributed by atoms with Crippen LogP contribution in [0, 0.1) is 0 Å². The van der Waals surface area contributed by atoms with E-state index < -0.39 is 0 Å². The second-order valence-corrected chi connectivity index (χ2v) is 2.11. The molecule has 0 unspecified atom stereocenters. The van der Waals surface area contributed by atoms with Gasteiger partial charge in [-0.05, 0) is 26.8 Å². The van der Waals surface area contributed by atoms with Crippen molar-refractivity contribution in [2.75, 3.05) is 32.9 Å². The van der Waals surface area contributed by atoms with Crippen LogP contribution in [-0.2, 0) is 0 Å². The molecular weight excluding hydrogens is 206 g/mol. The molecule has 0 radical (unpaired) electrons. The summed E-state index contributed by atoms with van der Waals surface area (Å²) in [5.41, 5.74) is 0. The van der Waals surface area contributed by atoms with E-state index in [1.807, 2.05) is 0 Å². The maximum absolute atomic E-state index is 8.23. The Hall–Kier alpha value is 0.130. The highest BCUT2D eigenvalue weighted by Crippen LogP contribution is 1.66. The van der Waals surface area contributed by atoms with E-state index in [4.69, 9.17) is 15.3 Å². The minimum Gasteiger partial charge on any atom is -0.397 e. The Morgan fingerprint density at radius 3 is 1.43 bits per heavy atom. The van der Waals surface area contributed by atoms with E-state index in [-0.39, 0.29) is 32.2 Å².